The number of carbonyl (C=O) groups excluding carboxylic acids is 3. The molecule has 2 aromatic carbocycles. The van der Waals surface area contributed by atoms with E-state index in [1.165, 1.54) is 4.90 Å². The third-order valence-electron chi connectivity index (χ3n) is 6.79. The van der Waals surface area contributed by atoms with Gasteiger partial charge in [-0.25, -0.2) is 0 Å². The van der Waals surface area contributed by atoms with Gasteiger partial charge in [0.25, 0.3) is 11.7 Å². The summed E-state index contributed by atoms with van der Waals surface area (Å²) in [6.45, 7) is 7.88. The van der Waals surface area contributed by atoms with Gasteiger partial charge in [0.2, 0.25) is 0 Å². The van der Waals surface area contributed by atoms with Crippen LogP contribution in [0, 0.1) is 6.92 Å². The highest BCUT2D eigenvalue weighted by atomic mass is 16.5. The van der Waals surface area contributed by atoms with Crippen molar-refractivity contribution in [3.8, 4) is 5.75 Å². The van der Waals surface area contributed by atoms with Gasteiger partial charge in [0.05, 0.1) is 31.8 Å². The Hall–Kier alpha value is -4.46. The highest BCUT2D eigenvalue weighted by Gasteiger charge is 2.47. The van der Waals surface area contributed by atoms with E-state index in [0.717, 1.165) is 5.56 Å². The monoisotopic (exact) mass is 528 g/mol. The lowest BCUT2D eigenvalue weighted by atomic mass is 9.91. The summed E-state index contributed by atoms with van der Waals surface area (Å²) in [5.74, 6) is -1.36. The fourth-order valence-corrected chi connectivity index (χ4v) is 4.84. The molecule has 1 aliphatic rings. The number of methoxy groups -OCH3 is 1. The summed E-state index contributed by atoms with van der Waals surface area (Å²) in [6.07, 6.45) is 3.25. The van der Waals surface area contributed by atoms with Crippen LogP contribution in [0.1, 0.15) is 60.5 Å². The zero-order valence-corrected chi connectivity index (χ0v) is 22.7. The van der Waals surface area contributed by atoms with Crippen LogP contribution >= 0.6 is 0 Å². The Labute approximate surface area is 227 Å². The van der Waals surface area contributed by atoms with Gasteiger partial charge in [-0.3, -0.25) is 24.3 Å². The molecule has 1 N–H and O–H groups in total. The Balaban J connectivity index is 1.85. The zero-order valence-electron chi connectivity index (χ0n) is 22.7. The maximum Gasteiger partial charge on any atom is 0.310 e. The number of Topliss-reactive ketones (excluding diaryl/α,β-unsaturated/α-hetero) is 1. The van der Waals surface area contributed by atoms with Crippen molar-refractivity contribution in [2.75, 3.05) is 18.6 Å². The highest BCUT2D eigenvalue weighted by molar-refractivity contribution is 6.51. The molecule has 1 atom stereocenters. The number of carbonyl (C=O) groups is 3. The number of ketones is 1. The maximum atomic E-state index is 13.5. The summed E-state index contributed by atoms with van der Waals surface area (Å²) in [5, 5.41) is 11.6. The van der Waals surface area contributed by atoms with Gasteiger partial charge in [0.1, 0.15) is 11.5 Å². The number of esters is 1. The Bertz CT molecular complexity index is 1430. The molecule has 39 heavy (non-hydrogen) atoms. The molecule has 0 aliphatic carbocycles. The van der Waals surface area contributed by atoms with E-state index in [4.69, 9.17) is 9.47 Å². The lowest BCUT2D eigenvalue weighted by Crippen LogP contribution is -2.29. The first-order valence-electron chi connectivity index (χ1n) is 12.8. The average molecular weight is 529 g/mol. The molecule has 202 valence electrons. The normalized spacial score (nSPS) is 16.6. The van der Waals surface area contributed by atoms with E-state index < -0.39 is 17.7 Å². The van der Waals surface area contributed by atoms with Gasteiger partial charge < -0.3 is 14.6 Å². The molecule has 0 radical (unpaired) electrons. The molecule has 8 heteroatoms. The number of benzene rings is 2. The summed E-state index contributed by atoms with van der Waals surface area (Å²) in [5.41, 5.74) is 3.82. The molecule has 1 unspecified atom stereocenters. The number of nitrogens with zero attached hydrogens (tertiary/aromatic N) is 2. The lowest BCUT2D eigenvalue weighted by molar-refractivity contribution is -0.142. The molecular weight excluding hydrogens is 496 g/mol. The predicted molar refractivity (Wildman–Crippen MR) is 148 cm³/mol. The SMILES string of the molecule is CCOC(=O)Cc1ccc(N2C(=O)C(=O)/C(=C(/O)c3cc(C(C)C)c(OC)cc3C)C2c2ccncc2)cc1. The number of aliphatic hydroxyl groups excluding tert-OH is 1. The van der Waals surface area contributed by atoms with Gasteiger partial charge in [-0.2, -0.15) is 0 Å². The summed E-state index contributed by atoms with van der Waals surface area (Å²) in [6, 6.07) is 13.0. The van der Waals surface area contributed by atoms with Crippen molar-refractivity contribution in [2.24, 2.45) is 0 Å². The Kier molecular flexibility index (Phi) is 8.14. The largest absolute Gasteiger partial charge is 0.507 e. The molecule has 1 aliphatic heterocycles. The van der Waals surface area contributed by atoms with E-state index in [1.807, 2.05) is 32.9 Å². The summed E-state index contributed by atoms with van der Waals surface area (Å²) >= 11 is 0. The van der Waals surface area contributed by atoms with E-state index in [0.29, 0.717) is 40.3 Å². The highest BCUT2D eigenvalue weighted by Crippen LogP contribution is 2.43. The topological polar surface area (TPSA) is 106 Å². The minimum absolute atomic E-state index is 0.00947. The molecule has 2 heterocycles. The second-order valence-electron chi connectivity index (χ2n) is 9.66. The minimum atomic E-state index is -0.882. The molecular formula is C31H32N2O6. The quantitative estimate of drug-likeness (QED) is 0.184. The number of anilines is 1. The number of ether oxygens (including phenoxy) is 2. The van der Waals surface area contributed by atoms with Crippen LogP contribution in [0.3, 0.4) is 0 Å². The van der Waals surface area contributed by atoms with Crippen LogP contribution in [-0.4, -0.2) is 41.5 Å². The Morgan fingerprint density at radius 1 is 1.08 bits per heavy atom. The summed E-state index contributed by atoms with van der Waals surface area (Å²) in [7, 11) is 1.59. The molecule has 1 amide bonds. The van der Waals surface area contributed by atoms with Crippen LogP contribution in [0.15, 0.2) is 66.5 Å². The Morgan fingerprint density at radius 2 is 1.74 bits per heavy atom. The van der Waals surface area contributed by atoms with Gasteiger partial charge >= 0.3 is 5.97 Å². The molecule has 0 saturated carbocycles. The van der Waals surface area contributed by atoms with Crippen LogP contribution in [0.2, 0.25) is 0 Å². The third-order valence-corrected chi connectivity index (χ3v) is 6.79. The maximum absolute atomic E-state index is 13.5. The van der Waals surface area contributed by atoms with E-state index in [9.17, 15) is 19.5 Å². The van der Waals surface area contributed by atoms with E-state index in [2.05, 4.69) is 4.98 Å². The number of rotatable bonds is 8. The minimum Gasteiger partial charge on any atom is -0.507 e. The van der Waals surface area contributed by atoms with E-state index >= 15 is 0 Å². The van der Waals surface area contributed by atoms with Crippen LogP contribution in [0.4, 0.5) is 5.69 Å². The number of pyridine rings is 1. The number of aromatic nitrogens is 1. The van der Waals surface area contributed by atoms with E-state index in [-0.39, 0.29) is 29.6 Å². The smallest absolute Gasteiger partial charge is 0.310 e. The first-order valence-corrected chi connectivity index (χ1v) is 12.8. The molecule has 8 nitrogen and oxygen atoms in total. The fraction of sp³-hybridized carbons (Fsp3) is 0.290. The average Bonchev–Trinajstić information content (AvgIpc) is 3.19. The summed E-state index contributed by atoms with van der Waals surface area (Å²) < 4.78 is 10.6. The lowest BCUT2D eigenvalue weighted by Gasteiger charge is -2.26. The second kappa shape index (κ2) is 11.5. The van der Waals surface area contributed by atoms with Crippen molar-refractivity contribution in [1.29, 1.82) is 0 Å². The zero-order chi connectivity index (χ0) is 28.3. The molecule has 0 bridgehead atoms. The first-order chi connectivity index (χ1) is 18.7. The van der Waals surface area contributed by atoms with Gasteiger partial charge in [0, 0.05) is 23.6 Å². The van der Waals surface area contributed by atoms with Crippen molar-refractivity contribution in [3.63, 3.8) is 0 Å². The van der Waals surface area contributed by atoms with Gasteiger partial charge in [-0.1, -0.05) is 26.0 Å². The summed E-state index contributed by atoms with van der Waals surface area (Å²) in [4.78, 5) is 44.3. The van der Waals surface area contributed by atoms with Gasteiger partial charge in [-0.05, 0) is 78.4 Å². The van der Waals surface area contributed by atoms with Crippen molar-refractivity contribution >= 4 is 29.1 Å². The first kappa shape index (κ1) is 27.6. The second-order valence-corrected chi connectivity index (χ2v) is 9.66. The Morgan fingerprint density at radius 3 is 2.33 bits per heavy atom. The number of hydrogen-bond donors (Lipinski definition) is 1. The number of hydrogen-bond acceptors (Lipinski definition) is 7. The molecule has 4 rings (SSSR count). The number of amides is 1. The van der Waals surface area contributed by atoms with Gasteiger partial charge in [-0.15, -0.1) is 0 Å². The molecule has 1 saturated heterocycles. The van der Waals surface area contributed by atoms with Crippen LogP contribution in [0.5, 0.6) is 5.75 Å². The van der Waals surface area contributed by atoms with Crippen molar-refractivity contribution in [1.82, 2.24) is 4.98 Å². The molecule has 3 aromatic rings. The van der Waals surface area contributed by atoms with Crippen LogP contribution in [0.25, 0.3) is 5.76 Å². The molecule has 1 fully saturated rings. The predicted octanol–water partition coefficient (Wildman–Crippen LogP) is 5.25. The van der Waals surface area contributed by atoms with Gasteiger partial charge in [0.15, 0.2) is 0 Å². The van der Waals surface area contributed by atoms with E-state index in [1.54, 1.807) is 62.8 Å². The van der Waals surface area contributed by atoms with Crippen molar-refractivity contribution in [3.05, 3.63) is 94.3 Å². The molecule has 1 aromatic heterocycles. The van der Waals surface area contributed by atoms with Crippen LogP contribution < -0.4 is 9.64 Å². The number of aliphatic hydroxyl groups is 1. The number of aryl methyl sites for hydroxylation is 1. The standard InChI is InChI=1S/C31H32N2O6/c1-6-39-26(34)16-20-7-9-22(10-8-20)33-28(21-11-13-32-14-12-21)27(30(36)31(33)37)29(35)24-17-23(18(2)3)25(38-5)15-19(24)4/h7-15,17-18,28,35H,6,16H2,1-5H3/b29-27+. The molecule has 0 spiro atoms. The van der Waals surface area contributed by atoms with Crippen LogP contribution in [-0.2, 0) is 25.5 Å². The third kappa shape index (κ3) is 5.41. The fourth-order valence-electron chi connectivity index (χ4n) is 4.84. The van der Waals surface area contributed by atoms with Crippen molar-refractivity contribution in [2.45, 2.75) is 46.1 Å². The van der Waals surface area contributed by atoms with Crippen molar-refractivity contribution < 1.29 is 29.0 Å².